The van der Waals surface area contributed by atoms with Crippen molar-refractivity contribution in [1.29, 1.82) is 0 Å². The van der Waals surface area contributed by atoms with E-state index in [1.165, 1.54) is 0 Å². The first-order valence-corrected chi connectivity index (χ1v) is 9.65. The Hall–Kier alpha value is -3.67. The molecule has 29 heavy (non-hydrogen) atoms. The van der Waals surface area contributed by atoms with Crippen molar-refractivity contribution in [2.45, 2.75) is 26.7 Å². The van der Waals surface area contributed by atoms with Crippen LogP contribution < -0.4 is 0 Å². The van der Waals surface area contributed by atoms with Gasteiger partial charge in [0.1, 0.15) is 0 Å². The van der Waals surface area contributed by atoms with E-state index in [0.717, 1.165) is 46.7 Å². The van der Waals surface area contributed by atoms with E-state index in [-0.39, 0.29) is 5.56 Å². The SMILES string of the molecule is CCc1ccc(C(=O)O)cc1-n1cnc(-c2cnn(-c3ccccc3)c2CC)c1. The van der Waals surface area contributed by atoms with Crippen molar-refractivity contribution in [3.63, 3.8) is 0 Å². The zero-order valence-corrected chi connectivity index (χ0v) is 16.4. The number of benzene rings is 2. The summed E-state index contributed by atoms with van der Waals surface area (Å²) in [6.07, 6.45) is 7.12. The number of imidazole rings is 1. The van der Waals surface area contributed by atoms with Crippen molar-refractivity contribution in [2.24, 2.45) is 0 Å². The third-order valence-corrected chi connectivity index (χ3v) is 5.05. The largest absolute Gasteiger partial charge is 0.478 e. The molecule has 0 bridgehead atoms. The van der Waals surface area contributed by atoms with Gasteiger partial charge in [-0.2, -0.15) is 5.10 Å². The lowest BCUT2D eigenvalue weighted by Crippen LogP contribution is -2.02. The Morgan fingerprint density at radius 1 is 1.07 bits per heavy atom. The van der Waals surface area contributed by atoms with Crippen LogP contribution in [0.5, 0.6) is 0 Å². The third-order valence-electron chi connectivity index (χ3n) is 5.05. The van der Waals surface area contributed by atoms with Gasteiger partial charge in [0.15, 0.2) is 0 Å². The van der Waals surface area contributed by atoms with Crippen LogP contribution in [0.1, 0.15) is 35.5 Å². The van der Waals surface area contributed by atoms with Crippen LogP contribution in [0.3, 0.4) is 0 Å². The van der Waals surface area contributed by atoms with Gasteiger partial charge in [-0.15, -0.1) is 0 Å². The van der Waals surface area contributed by atoms with Crippen LogP contribution >= 0.6 is 0 Å². The van der Waals surface area contributed by atoms with E-state index in [4.69, 9.17) is 0 Å². The molecule has 6 heteroatoms. The monoisotopic (exact) mass is 386 g/mol. The van der Waals surface area contributed by atoms with Crippen LogP contribution in [0.15, 0.2) is 67.3 Å². The van der Waals surface area contributed by atoms with Crippen molar-refractivity contribution in [2.75, 3.05) is 0 Å². The van der Waals surface area contributed by atoms with Gasteiger partial charge in [0.2, 0.25) is 0 Å². The van der Waals surface area contributed by atoms with E-state index in [2.05, 4.69) is 23.9 Å². The minimum absolute atomic E-state index is 0.263. The van der Waals surface area contributed by atoms with E-state index in [1.807, 2.05) is 58.0 Å². The number of rotatable bonds is 6. The number of nitrogens with zero attached hydrogens (tertiary/aromatic N) is 4. The molecule has 2 heterocycles. The molecule has 0 atom stereocenters. The molecule has 6 nitrogen and oxygen atoms in total. The van der Waals surface area contributed by atoms with Crippen molar-refractivity contribution in [1.82, 2.24) is 19.3 Å². The van der Waals surface area contributed by atoms with E-state index in [9.17, 15) is 9.90 Å². The second kappa shape index (κ2) is 7.75. The molecule has 0 spiro atoms. The highest BCUT2D eigenvalue weighted by Crippen LogP contribution is 2.27. The summed E-state index contributed by atoms with van der Waals surface area (Å²) in [5, 5.41) is 13.9. The number of hydrogen-bond donors (Lipinski definition) is 1. The van der Waals surface area contributed by atoms with Crippen LogP contribution in [0.4, 0.5) is 0 Å². The van der Waals surface area contributed by atoms with Gasteiger partial charge in [0, 0.05) is 11.8 Å². The van der Waals surface area contributed by atoms with E-state index in [0.29, 0.717) is 0 Å². The van der Waals surface area contributed by atoms with E-state index in [1.54, 1.807) is 18.5 Å². The molecule has 0 saturated heterocycles. The lowest BCUT2D eigenvalue weighted by atomic mass is 10.1. The molecular formula is C23H22N4O2. The molecule has 2 aromatic carbocycles. The van der Waals surface area contributed by atoms with Crippen LogP contribution in [0, 0.1) is 0 Å². The zero-order chi connectivity index (χ0) is 20.4. The van der Waals surface area contributed by atoms with Crippen molar-refractivity contribution < 1.29 is 9.90 Å². The van der Waals surface area contributed by atoms with Crippen molar-refractivity contribution in [3.05, 3.63) is 84.1 Å². The Morgan fingerprint density at radius 3 is 2.55 bits per heavy atom. The molecule has 0 aliphatic rings. The number of hydrogen-bond acceptors (Lipinski definition) is 3. The van der Waals surface area contributed by atoms with Crippen LogP contribution in [0.25, 0.3) is 22.6 Å². The Balaban J connectivity index is 1.77. The van der Waals surface area contributed by atoms with Gasteiger partial charge in [-0.3, -0.25) is 0 Å². The number of aryl methyl sites for hydroxylation is 1. The molecule has 0 saturated carbocycles. The molecule has 4 aromatic rings. The Bertz CT molecular complexity index is 1160. The number of para-hydroxylation sites is 1. The highest BCUT2D eigenvalue weighted by molar-refractivity contribution is 5.88. The first-order valence-electron chi connectivity index (χ1n) is 9.65. The minimum atomic E-state index is -0.938. The molecule has 0 fully saturated rings. The summed E-state index contributed by atoms with van der Waals surface area (Å²) in [5.74, 6) is -0.938. The fraction of sp³-hybridized carbons (Fsp3) is 0.174. The number of carbonyl (C=O) groups is 1. The minimum Gasteiger partial charge on any atom is -0.478 e. The number of aromatic nitrogens is 4. The molecule has 146 valence electrons. The average Bonchev–Trinajstić information content (AvgIpc) is 3.40. The molecule has 2 aromatic heterocycles. The van der Waals surface area contributed by atoms with Gasteiger partial charge in [-0.05, 0) is 42.7 Å². The van der Waals surface area contributed by atoms with Crippen LogP contribution in [0.2, 0.25) is 0 Å². The van der Waals surface area contributed by atoms with Gasteiger partial charge < -0.3 is 9.67 Å². The first kappa shape index (κ1) is 18.7. The molecule has 0 aliphatic carbocycles. The quantitative estimate of drug-likeness (QED) is 0.528. The van der Waals surface area contributed by atoms with Gasteiger partial charge in [0.25, 0.3) is 0 Å². The Morgan fingerprint density at radius 2 is 1.86 bits per heavy atom. The van der Waals surface area contributed by atoms with Crippen molar-refractivity contribution >= 4 is 5.97 Å². The molecular weight excluding hydrogens is 364 g/mol. The van der Waals surface area contributed by atoms with Gasteiger partial charge in [0.05, 0.1) is 40.9 Å². The first-order chi connectivity index (χ1) is 14.1. The molecule has 4 rings (SSSR count). The molecule has 0 unspecified atom stereocenters. The number of aromatic carboxylic acids is 1. The van der Waals surface area contributed by atoms with Gasteiger partial charge in [-0.25, -0.2) is 14.5 Å². The van der Waals surface area contributed by atoms with Crippen LogP contribution in [-0.4, -0.2) is 30.4 Å². The average molecular weight is 386 g/mol. The second-order valence-electron chi connectivity index (χ2n) is 6.77. The van der Waals surface area contributed by atoms with Crippen LogP contribution in [-0.2, 0) is 12.8 Å². The third kappa shape index (κ3) is 3.45. The summed E-state index contributed by atoms with van der Waals surface area (Å²) in [5.41, 5.74) is 6.04. The summed E-state index contributed by atoms with van der Waals surface area (Å²) in [6.45, 7) is 4.15. The smallest absolute Gasteiger partial charge is 0.335 e. The molecule has 0 aliphatic heterocycles. The maximum Gasteiger partial charge on any atom is 0.335 e. The van der Waals surface area contributed by atoms with E-state index >= 15 is 0 Å². The predicted molar refractivity (Wildman–Crippen MR) is 112 cm³/mol. The predicted octanol–water partition coefficient (Wildman–Crippen LogP) is 4.55. The normalized spacial score (nSPS) is 11.0. The molecule has 1 N–H and O–H groups in total. The molecule has 0 radical (unpaired) electrons. The maximum absolute atomic E-state index is 11.4. The standard InChI is InChI=1S/C23H22N4O2/c1-3-16-10-11-17(23(28)29)12-22(16)26-14-20(24-15-26)19-13-25-27(21(19)4-2)18-8-6-5-7-9-18/h5-15H,3-4H2,1-2H3,(H,28,29). The highest BCUT2D eigenvalue weighted by Gasteiger charge is 2.16. The zero-order valence-electron chi connectivity index (χ0n) is 16.4. The lowest BCUT2D eigenvalue weighted by Gasteiger charge is -2.10. The summed E-state index contributed by atoms with van der Waals surface area (Å²) in [6, 6.07) is 15.2. The highest BCUT2D eigenvalue weighted by atomic mass is 16.4. The van der Waals surface area contributed by atoms with E-state index < -0.39 is 5.97 Å². The summed E-state index contributed by atoms with van der Waals surface area (Å²) >= 11 is 0. The van der Waals surface area contributed by atoms with Crippen molar-refractivity contribution in [3.8, 4) is 22.6 Å². The fourth-order valence-corrected chi connectivity index (χ4v) is 3.55. The Labute approximate surface area is 169 Å². The van der Waals surface area contributed by atoms with Gasteiger partial charge >= 0.3 is 5.97 Å². The number of carboxylic acid groups (broad SMARTS) is 1. The summed E-state index contributed by atoms with van der Waals surface area (Å²) in [4.78, 5) is 16.0. The Kier molecular flexibility index (Phi) is 4.99. The summed E-state index contributed by atoms with van der Waals surface area (Å²) in [7, 11) is 0. The summed E-state index contributed by atoms with van der Waals surface area (Å²) < 4.78 is 3.83. The molecule has 0 amide bonds. The second-order valence-corrected chi connectivity index (χ2v) is 6.77. The lowest BCUT2D eigenvalue weighted by molar-refractivity contribution is 0.0697. The fourth-order valence-electron chi connectivity index (χ4n) is 3.55. The topological polar surface area (TPSA) is 72.9 Å². The maximum atomic E-state index is 11.4. The number of carboxylic acids is 1. The van der Waals surface area contributed by atoms with Gasteiger partial charge in [-0.1, -0.05) is 38.1 Å².